The minimum atomic E-state index is -0.375. The zero-order valence-corrected chi connectivity index (χ0v) is 8.75. The van der Waals surface area contributed by atoms with Crippen molar-refractivity contribution in [1.82, 2.24) is 9.97 Å². The van der Waals surface area contributed by atoms with E-state index in [1.165, 1.54) is 7.11 Å². The highest BCUT2D eigenvalue weighted by Crippen LogP contribution is 2.14. The molecule has 0 aromatic carbocycles. The maximum absolute atomic E-state index is 11.3. The fourth-order valence-corrected chi connectivity index (χ4v) is 1.33. The molecule has 0 fully saturated rings. The molecule has 0 spiro atoms. The Morgan fingerprint density at radius 1 is 1.12 bits per heavy atom. The van der Waals surface area contributed by atoms with E-state index >= 15 is 0 Å². The first-order valence-corrected chi connectivity index (χ1v) is 4.77. The fraction of sp³-hybridized carbons (Fsp3) is 0.0833. The second-order valence-corrected chi connectivity index (χ2v) is 3.14. The molecule has 2 aromatic rings. The molecule has 0 atom stereocenters. The smallest absolute Gasteiger partial charge is 0.337 e. The summed E-state index contributed by atoms with van der Waals surface area (Å²) in [5.41, 5.74) is 1.86. The van der Waals surface area contributed by atoms with Crippen molar-refractivity contribution in [3.63, 3.8) is 0 Å². The summed E-state index contributed by atoms with van der Waals surface area (Å²) in [4.78, 5) is 19.6. The SMILES string of the molecule is COC(=O)c1ccnc(-c2ccccn2)c1. The molecule has 0 aliphatic heterocycles. The summed E-state index contributed by atoms with van der Waals surface area (Å²) in [5.74, 6) is -0.375. The zero-order chi connectivity index (χ0) is 11.4. The second-order valence-electron chi connectivity index (χ2n) is 3.14. The number of ether oxygens (including phenoxy) is 1. The van der Waals surface area contributed by atoms with E-state index < -0.39 is 0 Å². The first kappa shape index (κ1) is 10.3. The average molecular weight is 214 g/mol. The molecule has 0 aliphatic carbocycles. The summed E-state index contributed by atoms with van der Waals surface area (Å²) in [6, 6.07) is 8.80. The minimum Gasteiger partial charge on any atom is -0.465 e. The van der Waals surface area contributed by atoms with Crippen LogP contribution in [0, 0.1) is 0 Å². The van der Waals surface area contributed by atoms with Crippen molar-refractivity contribution in [2.45, 2.75) is 0 Å². The van der Waals surface area contributed by atoms with Crippen molar-refractivity contribution in [3.8, 4) is 11.4 Å². The number of hydrogen-bond donors (Lipinski definition) is 0. The standard InChI is InChI=1S/C12H10N2O2/c1-16-12(15)9-5-7-14-11(8-9)10-4-2-3-6-13-10/h2-8H,1H3. The normalized spacial score (nSPS) is 9.81. The van der Waals surface area contributed by atoms with Gasteiger partial charge in [0, 0.05) is 12.4 Å². The molecule has 0 aliphatic rings. The predicted octanol–water partition coefficient (Wildman–Crippen LogP) is 1.93. The number of methoxy groups -OCH3 is 1. The van der Waals surface area contributed by atoms with E-state index in [1.807, 2.05) is 18.2 Å². The van der Waals surface area contributed by atoms with Crippen molar-refractivity contribution in [2.75, 3.05) is 7.11 Å². The highest BCUT2D eigenvalue weighted by atomic mass is 16.5. The number of aromatic nitrogens is 2. The topological polar surface area (TPSA) is 52.1 Å². The van der Waals surface area contributed by atoms with Crippen molar-refractivity contribution >= 4 is 5.97 Å². The number of rotatable bonds is 2. The molecule has 4 nitrogen and oxygen atoms in total. The Bertz CT molecular complexity index is 497. The summed E-state index contributed by atoms with van der Waals surface area (Å²) in [6.45, 7) is 0. The third-order valence-corrected chi connectivity index (χ3v) is 2.11. The lowest BCUT2D eigenvalue weighted by Crippen LogP contribution is -2.01. The summed E-state index contributed by atoms with van der Waals surface area (Å²) in [7, 11) is 1.35. The summed E-state index contributed by atoms with van der Waals surface area (Å²) in [6.07, 6.45) is 3.25. The molecule has 4 heteroatoms. The first-order valence-electron chi connectivity index (χ1n) is 4.77. The largest absolute Gasteiger partial charge is 0.465 e. The van der Waals surface area contributed by atoms with Crippen LogP contribution in [-0.2, 0) is 4.74 Å². The zero-order valence-electron chi connectivity index (χ0n) is 8.75. The molecule has 0 saturated heterocycles. The van der Waals surface area contributed by atoms with Gasteiger partial charge in [-0.1, -0.05) is 6.07 Å². The van der Waals surface area contributed by atoms with Gasteiger partial charge in [0.25, 0.3) is 0 Å². The van der Waals surface area contributed by atoms with E-state index in [-0.39, 0.29) is 5.97 Å². The van der Waals surface area contributed by atoms with E-state index in [0.717, 1.165) is 5.69 Å². The second kappa shape index (κ2) is 4.53. The van der Waals surface area contributed by atoms with Crippen LogP contribution in [0.15, 0.2) is 42.7 Å². The Labute approximate surface area is 92.9 Å². The van der Waals surface area contributed by atoms with E-state index in [9.17, 15) is 4.79 Å². The van der Waals surface area contributed by atoms with Gasteiger partial charge in [0.1, 0.15) is 0 Å². The Morgan fingerprint density at radius 2 is 1.94 bits per heavy atom. The van der Waals surface area contributed by atoms with Gasteiger partial charge in [-0.3, -0.25) is 9.97 Å². The van der Waals surface area contributed by atoms with Crippen LogP contribution in [0.1, 0.15) is 10.4 Å². The number of esters is 1. The van der Waals surface area contributed by atoms with Crippen LogP contribution in [0.5, 0.6) is 0 Å². The first-order chi connectivity index (χ1) is 7.81. The summed E-state index contributed by atoms with van der Waals surface area (Å²) >= 11 is 0. The van der Waals surface area contributed by atoms with Crippen molar-refractivity contribution in [2.24, 2.45) is 0 Å². The van der Waals surface area contributed by atoms with Gasteiger partial charge in [-0.05, 0) is 24.3 Å². The lowest BCUT2D eigenvalue weighted by molar-refractivity contribution is 0.0600. The van der Waals surface area contributed by atoms with Crippen molar-refractivity contribution in [1.29, 1.82) is 0 Å². The van der Waals surface area contributed by atoms with Crippen LogP contribution in [0.2, 0.25) is 0 Å². The van der Waals surface area contributed by atoms with E-state index in [2.05, 4.69) is 14.7 Å². The molecule has 2 heterocycles. The van der Waals surface area contributed by atoms with Gasteiger partial charge in [0.15, 0.2) is 0 Å². The van der Waals surface area contributed by atoms with Crippen LogP contribution in [-0.4, -0.2) is 23.0 Å². The van der Waals surface area contributed by atoms with Gasteiger partial charge in [0.2, 0.25) is 0 Å². The lowest BCUT2D eigenvalue weighted by Gasteiger charge is -2.02. The van der Waals surface area contributed by atoms with Crippen LogP contribution in [0.25, 0.3) is 11.4 Å². The Balaban J connectivity index is 2.40. The van der Waals surface area contributed by atoms with Gasteiger partial charge < -0.3 is 4.74 Å². The molecular weight excluding hydrogens is 204 g/mol. The van der Waals surface area contributed by atoms with E-state index in [0.29, 0.717) is 11.3 Å². The van der Waals surface area contributed by atoms with Crippen LogP contribution in [0.4, 0.5) is 0 Å². The molecule has 2 rings (SSSR count). The lowest BCUT2D eigenvalue weighted by atomic mass is 10.2. The molecule has 0 unspecified atom stereocenters. The molecule has 0 radical (unpaired) electrons. The van der Waals surface area contributed by atoms with Gasteiger partial charge in [0.05, 0.1) is 24.1 Å². The quantitative estimate of drug-likeness (QED) is 0.717. The van der Waals surface area contributed by atoms with Gasteiger partial charge in [-0.15, -0.1) is 0 Å². The van der Waals surface area contributed by atoms with Crippen LogP contribution >= 0.6 is 0 Å². The monoisotopic (exact) mass is 214 g/mol. The van der Waals surface area contributed by atoms with E-state index in [4.69, 9.17) is 0 Å². The summed E-state index contributed by atoms with van der Waals surface area (Å²) < 4.78 is 4.64. The molecule has 16 heavy (non-hydrogen) atoms. The fourth-order valence-electron chi connectivity index (χ4n) is 1.33. The molecule has 0 amide bonds. The van der Waals surface area contributed by atoms with Crippen molar-refractivity contribution < 1.29 is 9.53 Å². The third-order valence-electron chi connectivity index (χ3n) is 2.11. The summed E-state index contributed by atoms with van der Waals surface area (Å²) in [5, 5.41) is 0. The van der Waals surface area contributed by atoms with Gasteiger partial charge >= 0.3 is 5.97 Å². The minimum absolute atomic E-state index is 0.375. The average Bonchev–Trinajstić information content (AvgIpc) is 2.39. The van der Waals surface area contributed by atoms with Crippen molar-refractivity contribution in [3.05, 3.63) is 48.3 Å². The molecule has 0 bridgehead atoms. The number of nitrogens with zero attached hydrogens (tertiary/aromatic N) is 2. The molecule has 0 N–H and O–H groups in total. The Kier molecular flexibility index (Phi) is 2.91. The van der Waals surface area contributed by atoms with Crippen LogP contribution in [0.3, 0.4) is 0 Å². The van der Waals surface area contributed by atoms with E-state index in [1.54, 1.807) is 24.5 Å². The maximum Gasteiger partial charge on any atom is 0.337 e. The Hall–Kier alpha value is -2.23. The molecule has 0 saturated carbocycles. The predicted molar refractivity (Wildman–Crippen MR) is 58.8 cm³/mol. The number of carbonyl (C=O) groups excluding carboxylic acids is 1. The highest BCUT2D eigenvalue weighted by Gasteiger charge is 2.07. The Morgan fingerprint density at radius 3 is 2.62 bits per heavy atom. The van der Waals surface area contributed by atoms with Gasteiger partial charge in [-0.2, -0.15) is 0 Å². The third kappa shape index (κ3) is 2.06. The van der Waals surface area contributed by atoms with Gasteiger partial charge in [-0.25, -0.2) is 4.79 Å². The highest BCUT2D eigenvalue weighted by molar-refractivity contribution is 5.90. The van der Waals surface area contributed by atoms with Crippen LogP contribution < -0.4 is 0 Å². The number of hydrogen-bond acceptors (Lipinski definition) is 4. The molecule has 2 aromatic heterocycles. The molecule has 80 valence electrons. The number of pyridine rings is 2. The molecular formula is C12H10N2O2. The maximum atomic E-state index is 11.3. The number of carbonyl (C=O) groups is 1.